The van der Waals surface area contributed by atoms with Crippen LogP contribution in [0.15, 0.2) is 23.1 Å². The molecule has 1 N–H and O–H groups in total. The molecule has 2 rings (SSSR count). The van der Waals surface area contributed by atoms with Crippen molar-refractivity contribution in [3.05, 3.63) is 33.9 Å². The van der Waals surface area contributed by atoms with Crippen molar-refractivity contribution in [3.8, 4) is 0 Å². The van der Waals surface area contributed by atoms with Gasteiger partial charge < -0.3 is 0 Å². The number of nitrogens with one attached hydrogen (secondary N) is 1. The number of benzene rings is 1. The van der Waals surface area contributed by atoms with Crippen LogP contribution in [0.3, 0.4) is 0 Å². The number of nitro benzene ring substituents is 1. The lowest BCUT2D eigenvalue weighted by Gasteiger charge is -2.17. The fourth-order valence-electron chi connectivity index (χ4n) is 2.77. The van der Waals surface area contributed by atoms with Gasteiger partial charge in [0, 0.05) is 17.7 Å². The zero-order chi connectivity index (χ0) is 15.5. The predicted molar refractivity (Wildman–Crippen MR) is 79.6 cm³/mol. The summed E-state index contributed by atoms with van der Waals surface area (Å²) in [5.74, 6) is 0. The van der Waals surface area contributed by atoms with E-state index in [1.165, 1.54) is 25.1 Å². The molecule has 0 bridgehead atoms. The molecule has 0 amide bonds. The summed E-state index contributed by atoms with van der Waals surface area (Å²) in [5, 5.41) is 10.9. The molecule has 6 nitrogen and oxygen atoms in total. The maximum Gasteiger partial charge on any atom is 0.273 e. The predicted octanol–water partition coefficient (Wildman–Crippen LogP) is 2.90. The van der Waals surface area contributed by atoms with Crippen molar-refractivity contribution in [1.29, 1.82) is 0 Å². The Morgan fingerprint density at radius 1 is 1.19 bits per heavy atom. The van der Waals surface area contributed by atoms with Gasteiger partial charge in [-0.25, -0.2) is 13.1 Å². The summed E-state index contributed by atoms with van der Waals surface area (Å²) < 4.78 is 27.7. The highest BCUT2D eigenvalue weighted by molar-refractivity contribution is 7.89. The van der Waals surface area contributed by atoms with E-state index in [9.17, 15) is 18.5 Å². The van der Waals surface area contributed by atoms with Crippen LogP contribution in [0.4, 0.5) is 5.69 Å². The third-order valence-electron chi connectivity index (χ3n) is 3.92. The van der Waals surface area contributed by atoms with Crippen LogP contribution in [0.1, 0.15) is 44.1 Å². The van der Waals surface area contributed by atoms with Crippen LogP contribution in [0.2, 0.25) is 0 Å². The zero-order valence-electron chi connectivity index (χ0n) is 12.0. The molecule has 21 heavy (non-hydrogen) atoms. The van der Waals surface area contributed by atoms with Crippen molar-refractivity contribution >= 4 is 15.7 Å². The first-order chi connectivity index (χ1) is 9.92. The molecule has 0 aliphatic heterocycles. The van der Waals surface area contributed by atoms with Crippen molar-refractivity contribution < 1.29 is 13.3 Å². The molecule has 0 aromatic heterocycles. The number of hydrogen-bond acceptors (Lipinski definition) is 4. The van der Waals surface area contributed by atoms with E-state index in [0.717, 1.165) is 38.5 Å². The molecule has 1 saturated carbocycles. The van der Waals surface area contributed by atoms with Gasteiger partial charge in [-0.05, 0) is 25.8 Å². The Kier molecular flexibility index (Phi) is 4.95. The second-order valence-electron chi connectivity index (χ2n) is 5.47. The number of nitrogens with zero attached hydrogens (tertiary/aromatic N) is 1. The van der Waals surface area contributed by atoms with Gasteiger partial charge in [-0.3, -0.25) is 10.1 Å². The Balaban J connectivity index is 2.27. The Hall–Kier alpha value is -1.47. The number of rotatable bonds is 4. The van der Waals surface area contributed by atoms with Gasteiger partial charge in [0.2, 0.25) is 10.0 Å². The molecule has 1 aliphatic rings. The van der Waals surface area contributed by atoms with Gasteiger partial charge >= 0.3 is 0 Å². The van der Waals surface area contributed by atoms with Gasteiger partial charge in [0.15, 0.2) is 0 Å². The summed E-state index contributed by atoms with van der Waals surface area (Å²) in [6, 6.07) is 4.07. The van der Waals surface area contributed by atoms with E-state index in [1.54, 1.807) is 0 Å². The van der Waals surface area contributed by atoms with Crippen molar-refractivity contribution in [2.45, 2.75) is 56.4 Å². The molecule has 0 heterocycles. The Morgan fingerprint density at radius 3 is 2.38 bits per heavy atom. The van der Waals surface area contributed by atoms with Crippen LogP contribution < -0.4 is 4.72 Å². The van der Waals surface area contributed by atoms with Gasteiger partial charge in [0.1, 0.15) is 0 Å². The molecule has 0 radical (unpaired) electrons. The first-order valence-corrected chi connectivity index (χ1v) is 8.66. The minimum absolute atomic E-state index is 0.000877. The summed E-state index contributed by atoms with van der Waals surface area (Å²) in [4.78, 5) is 10.4. The van der Waals surface area contributed by atoms with E-state index in [1.807, 2.05) is 0 Å². The highest BCUT2D eigenvalue weighted by Crippen LogP contribution is 2.26. The molecule has 0 atom stereocenters. The van der Waals surface area contributed by atoms with Crippen molar-refractivity contribution in [3.63, 3.8) is 0 Å². The maximum absolute atomic E-state index is 12.5. The molecular formula is C14H20N2O4S. The van der Waals surface area contributed by atoms with Gasteiger partial charge in [-0.15, -0.1) is 0 Å². The number of sulfonamides is 1. The summed E-state index contributed by atoms with van der Waals surface area (Å²) in [6.07, 6.45) is 5.95. The van der Waals surface area contributed by atoms with Crippen molar-refractivity contribution in [1.82, 2.24) is 4.72 Å². The van der Waals surface area contributed by atoms with E-state index >= 15 is 0 Å². The molecule has 1 aromatic carbocycles. The SMILES string of the molecule is Cc1c([N+](=O)[O-])cccc1S(=O)(=O)NC1CCCCCC1. The van der Waals surface area contributed by atoms with E-state index in [2.05, 4.69) is 4.72 Å². The standard InChI is InChI=1S/C14H20N2O4S/c1-11-13(16(17)18)9-6-10-14(11)21(19,20)15-12-7-4-2-3-5-8-12/h6,9-10,12,15H,2-5,7-8H2,1H3. The van der Waals surface area contributed by atoms with Crippen LogP contribution in [0.25, 0.3) is 0 Å². The molecule has 116 valence electrons. The summed E-state index contributed by atoms with van der Waals surface area (Å²) in [7, 11) is -3.72. The summed E-state index contributed by atoms with van der Waals surface area (Å²) >= 11 is 0. The molecule has 0 unspecified atom stereocenters. The van der Waals surface area contributed by atoms with Crippen LogP contribution in [0.5, 0.6) is 0 Å². The topological polar surface area (TPSA) is 89.3 Å². The van der Waals surface area contributed by atoms with Crippen molar-refractivity contribution in [2.75, 3.05) is 0 Å². The first-order valence-electron chi connectivity index (χ1n) is 7.18. The van der Waals surface area contributed by atoms with E-state index in [0.29, 0.717) is 0 Å². The molecule has 0 saturated heterocycles. The smallest absolute Gasteiger partial charge is 0.258 e. The third-order valence-corrected chi connectivity index (χ3v) is 5.58. The van der Waals surface area contributed by atoms with E-state index in [-0.39, 0.29) is 22.2 Å². The first kappa shape index (κ1) is 15.9. The summed E-state index contributed by atoms with van der Waals surface area (Å²) in [6.45, 7) is 1.47. The van der Waals surface area contributed by atoms with Gasteiger partial charge in [0.25, 0.3) is 5.69 Å². The van der Waals surface area contributed by atoms with E-state index < -0.39 is 14.9 Å². The number of hydrogen-bond donors (Lipinski definition) is 1. The lowest BCUT2D eigenvalue weighted by Crippen LogP contribution is -2.34. The van der Waals surface area contributed by atoms with Crippen LogP contribution >= 0.6 is 0 Å². The Bertz CT molecular complexity index is 620. The molecule has 0 spiro atoms. The normalized spacial score (nSPS) is 17.4. The quantitative estimate of drug-likeness (QED) is 0.526. The van der Waals surface area contributed by atoms with Crippen LogP contribution in [-0.2, 0) is 10.0 Å². The van der Waals surface area contributed by atoms with Crippen molar-refractivity contribution in [2.24, 2.45) is 0 Å². The van der Waals surface area contributed by atoms with Gasteiger partial charge in [-0.2, -0.15) is 0 Å². The lowest BCUT2D eigenvalue weighted by atomic mass is 10.1. The largest absolute Gasteiger partial charge is 0.273 e. The highest BCUT2D eigenvalue weighted by Gasteiger charge is 2.25. The second kappa shape index (κ2) is 6.53. The average Bonchev–Trinajstić information content (AvgIpc) is 2.66. The third kappa shape index (κ3) is 3.79. The average molecular weight is 312 g/mol. The Labute approximate surface area is 124 Å². The molecule has 7 heteroatoms. The van der Waals surface area contributed by atoms with E-state index in [4.69, 9.17) is 0 Å². The molecule has 1 aromatic rings. The van der Waals surface area contributed by atoms with Gasteiger partial charge in [0.05, 0.1) is 9.82 Å². The second-order valence-corrected chi connectivity index (χ2v) is 7.15. The monoisotopic (exact) mass is 312 g/mol. The van der Waals surface area contributed by atoms with Crippen LogP contribution in [-0.4, -0.2) is 19.4 Å². The minimum Gasteiger partial charge on any atom is -0.258 e. The highest BCUT2D eigenvalue weighted by atomic mass is 32.2. The lowest BCUT2D eigenvalue weighted by molar-refractivity contribution is -0.385. The summed E-state index contributed by atoms with van der Waals surface area (Å²) in [5.41, 5.74) is 0.0161. The minimum atomic E-state index is -3.72. The molecular weight excluding hydrogens is 292 g/mol. The molecule has 1 aliphatic carbocycles. The number of nitro groups is 1. The Morgan fingerprint density at radius 2 is 1.81 bits per heavy atom. The van der Waals surface area contributed by atoms with Crippen LogP contribution in [0, 0.1) is 17.0 Å². The fraction of sp³-hybridized carbons (Fsp3) is 0.571. The molecule has 1 fully saturated rings. The zero-order valence-corrected chi connectivity index (χ0v) is 12.9. The van der Waals surface area contributed by atoms with Gasteiger partial charge in [-0.1, -0.05) is 31.7 Å². The maximum atomic E-state index is 12.5. The fourth-order valence-corrected chi connectivity index (χ4v) is 4.34.